The maximum absolute atomic E-state index is 12.3. The summed E-state index contributed by atoms with van der Waals surface area (Å²) < 4.78 is 0.876. The molecule has 5 heteroatoms. The molecule has 1 amide bonds. The third kappa shape index (κ3) is 2.99. The molecule has 2 rings (SSSR count). The summed E-state index contributed by atoms with van der Waals surface area (Å²) in [5.74, 6) is 0.460. The van der Waals surface area contributed by atoms with Crippen LogP contribution in [-0.4, -0.2) is 34.3 Å². The van der Waals surface area contributed by atoms with Gasteiger partial charge < -0.3 is 4.90 Å². The Balaban J connectivity index is 2.12. The van der Waals surface area contributed by atoms with E-state index in [0.29, 0.717) is 24.2 Å². The fourth-order valence-corrected chi connectivity index (χ4v) is 2.31. The maximum Gasteiger partial charge on any atom is 0.272 e. The first-order valence-corrected chi connectivity index (χ1v) is 7.03. The summed E-state index contributed by atoms with van der Waals surface area (Å²) in [6.45, 7) is 0.600. The van der Waals surface area contributed by atoms with Crippen molar-refractivity contribution in [3.63, 3.8) is 0 Å². The molecule has 1 fully saturated rings. The third-order valence-corrected chi connectivity index (χ3v) is 3.69. The van der Waals surface area contributed by atoms with E-state index in [0.717, 1.165) is 17.3 Å². The predicted molar refractivity (Wildman–Crippen MR) is 71.3 cm³/mol. The summed E-state index contributed by atoms with van der Waals surface area (Å²) >= 11 is 9.06. The van der Waals surface area contributed by atoms with Gasteiger partial charge in [0.05, 0.1) is 0 Å². The summed E-state index contributed by atoms with van der Waals surface area (Å²) in [4.78, 5) is 18.3. The number of halogens is 2. The Labute approximate surface area is 114 Å². The molecule has 1 saturated carbocycles. The average molecular weight is 318 g/mol. The fraction of sp³-hybridized carbons (Fsp3) is 0.500. The number of hydrogen-bond donors (Lipinski definition) is 0. The lowest BCUT2D eigenvalue weighted by Gasteiger charge is -2.37. The first-order chi connectivity index (χ1) is 8.22. The summed E-state index contributed by atoms with van der Waals surface area (Å²) in [5, 5.41) is 0. The van der Waals surface area contributed by atoms with Gasteiger partial charge >= 0.3 is 0 Å². The van der Waals surface area contributed by atoms with Crippen molar-refractivity contribution in [2.75, 3.05) is 12.4 Å². The molecular formula is C12H14BrClN2O. The van der Waals surface area contributed by atoms with Gasteiger partial charge in [0, 0.05) is 29.1 Å². The minimum atomic E-state index is -0.0112. The third-order valence-electron chi connectivity index (χ3n) is 3.05. The quantitative estimate of drug-likeness (QED) is 0.800. The smallest absolute Gasteiger partial charge is 0.272 e. The van der Waals surface area contributed by atoms with Crippen LogP contribution in [0.1, 0.15) is 29.8 Å². The number of carbonyl (C=O) groups is 1. The minimum Gasteiger partial charge on any atom is -0.333 e. The SMILES string of the molecule is O=C(c1ccc(Br)cn1)N(CCCl)C1CCC1. The summed E-state index contributed by atoms with van der Waals surface area (Å²) in [5.41, 5.74) is 0.491. The van der Waals surface area contributed by atoms with Crippen molar-refractivity contribution in [3.8, 4) is 0 Å². The lowest BCUT2D eigenvalue weighted by atomic mass is 9.91. The standard InChI is InChI=1S/C12H14BrClN2O/c13-9-4-5-11(15-8-9)12(17)16(7-6-14)10-2-1-3-10/h4-5,8,10H,1-3,6-7H2. The molecule has 0 aliphatic heterocycles. The maximum atomic E-state index is 12.3. The highest BCUT2D eigenvalue weighted by Gasteiger charge is 2.29. The Kier molecular flexibility index (Phi) is 4.40. The van der Waals surface area contributed by atoms with E-state index in [1.807, 2.05) is 11.0 Å². The highest BCUT2D eigenvalue weighted by Crippen LogP contribution is 2.26. The number of pyridine rings is 1. The molecule has 0 spiro atoms. The van der Waals surface area contributed by atoms with E-state index >= 15 is 0 Å². The topological polar surface area (TPSA) is 33.2 Å². The number of aromatic nitrogens is 1. The zero-order chi connectivity index (χ0) is 12.3. The largest absolute Gasteiger partial charge is 0.333 e. The molecule has 17 heavy (non-hydrogen) atoms. The fourth-order valence-electron chi connectivity index (χ4n) is 1.89. The molecule has 1 aromatic rings. The van der Waals surface area contributed by atoms with Crippen LogP contribution in [0.25, 0.3) is 0 Å². The van der Waals surface area contributed by atoms with E-state index in [1.165, 1.54) is 6.42 Å². The van der Waals surface area contributed by atoms with Crippen LogP contribution in [0.2, 0.25) is 0 Å². The van der Waals surface area contributed by atoms with Crippen LogP contribution in [-0.2, 0) is 0 Å². The van der Waals surface area contributed by atoms with Crippen molar-refractivity contribution in [2.24, 2.45) is 0 Å². The zero-order valence-corrected chi connectivity index (χ0v) is 11.7. The number of rotatable bonds is 4. The Morgan fingerprint density at radius 3 is 2.76 bits per heavy atom. The zero-order valence-electron chi connectivity index (χ0n) is 9.40. The first kappa shape index (κ1) is 12.8. The van der Waals surface area contributed by atoms with E-state index in [2.05, 4.69) is 20.9 Å². The molecule has 3 nitrogen and oxygen atoms in total. The van der Waals surface area contributed by atoms with Gasteiger partial charge in [-0.25, -0.2) is 4.98 Å². The Hall–Kier alpha value is -0.610. The van der Waals surface area contributed by atoms with E-state index < -0.39 is 0 Å². The van der Waals surface area contributed by atoms with Gasteiger partial charge in [0.15, 0.2) is 0 Å². The molecule has 1 aromatic heterocycles. The summed E-state index contributed by atoms with van der Waals surface area (Å²) in [7, 11) is 0. The van der Waals surface area contributed by atoms with Crippen LogP contribution >= 0.6 is 27.5 Å². The van der Waals surface area contributed by atoms with Gasteiger partial charge in [-0.3, -0.25) is 4.79 Å². The highest BCUT2D eigenvalue weighted by atomic mass is 79.9. The van der Waals surface area contributed by atoms with E-state index in [-0.39, 0.29) is 5.91 Å². The molecule has 0 radical (unpaired) electrons. The van der Waals surface area contributed by atoms with Gasteiger partial charge in [-0.15, -0.1) is 11.6 Å². The summed E-state index contributed by atoms with van der Waals surface area (Å²) in [6.07, 6.45) is 5.01. The number of carbonyl (C=O) groups excluding carboxylic acids is 1. The molecule has 0 atom stereocenters. The molecule has 0 N–H and O–H groups in total. The van der Waals surface area contributed by atoms with Gasteiger partial charge in [-0.2, -0.15) is 0 Å². The van der Waals surface area contributed by atoms with Gasteiger partial charge in [0.1, 0.15) is 5.69 Å². The van der Waals surface area contributed by atoms with Crippen LogP contribution in [0.3, 0.4) is 0 Å². The number of amides is 1. The van der Waals surface area contributed by atoms with Crippen molar-refractivity contribution in [2.45, 2.75) is 25.3 Å². The number of nitrogens with zero attached hydrogens (tertiary/aromatic N) is 2. The highest BCUT2D eigenvalue weighted by molar-refractivity contribution is 9.10. The van der Waals surface area contributed by atoms with Crippen LogP contribution in [0.15, 0.2) is 22.8 Å². The summed E-state index contributed by atoms with van der Waals surface area (Å²) in [6, 6.07) is 3.93. The second kappa shape index (κ2) is 5.83. The van der Waals surface area contributed by atoms with Crippen LogP contribution in [0.4, 0.5) is 0 Å². The molecule has 92 valence electrons. The Morgan fingerprint density at radius 1 is 1.53 bits per heavy atom. The monoisotopic (exact) mass is 316 g/mol. The molecule has 0 bridgehead atoms. The molecule has 0 saturated heterocycles. The van der Waals surface area contributed by atoms with Crippen molar-refractivity contribution < 1.29 is 4.79 Å². The molecule has 0 unspecified atom stereocenters. The molecule has 1 aliphatic rings. The van der Waals surface area contributed by atoms with Crippen LogP contribution in [0.5, 0.6) is 0 Å². The van der Waals surface area contributed by atoms with Gasteiger partial charge in [0.25, 0.3) is 5.91 Å². The van der Waals surface area contributed by atoms with Gasteiger partial charge in [-0.05, 0) is 47.3 Å². The van der Waals surface area contributed by atoms with Crippen molar-refractivity contribution >= 4 is 33.4 Å². The molecular weight excluding hydrogens is 304 g/mol. The second-order valence-electron chi connectivity index (χ2n) is 4.13. The number of alkyl halides is 1. The van der Waals surface area contributed by atoms with Crippen molar-refractivity contribution in [3.05, 3.63) is 28.5 Å². The normalized spacial score (nSPS) is 15.4. The number of hydrogen-bond acceptors (Lipinski definition) is 2. The Bertz CT molecular complexity index is 392. The molecule has 1 aliphatic carbocycles. The average Bonchev–Trinajstić information content (AvgIpc) is 2.26. The predicted octanol–water partition coefficient (Wildman–Crippen LogP) is 3.08. The minimum absolute atomic E-state index is 0.0112. The van der Waals surface area contributed by atoms with Crippen LogP contribution in [0, 0.1) is 0 Å². The second-order valence-corrected chi connectivity index (χ2v) is 5.43. The van der Waals surface area contributed by atoms with Gasteiger partial charge in [-0.1, -0.05) is 0 Å². The van der Waals surface area contributed by atoms with Crippen LogP contribution < -0.4 is 0 Å². The van der Waals surface area contributed by atoms with E-state index in [1.54, 1.807) is 12.3 Å². The van der Waals surface area contributed by atoms with Gasteiger partial charge in [0.2, 0.25) is 0 Å². The molecule has 1 heterocycles. The van der Waals surface area contributed by atoms with Crippen molar-refractivity contribution in [1.29, 1.82) is 0 Å². The lowest BCUT2D eigenvalue weighted by molar-refractivity contribution is 0.0592. The first-order valence-electron chi connectivity index (χ1n) is 5.71. The van der Waals surface area contributed by atoms with E-state index in [9.17, 15) is 4.79 Å². The lowest BCUT2D eigenvalue weighted by Crippen LogP contribution is -2.45. The van der Waals surface area contributed by atoms with Crippen molar-refractivity contribution in [1.82, 2.24) is 9.88 Å². The Morgan fingerprint density at radius 2 is 2.29 bits per heavy atom. The van der Waals surface area contributed by atoms with E-state index in [4.69, 9.17) is 11.6 Å². The molecule has 0 aromatic carbocycles.